The van der Waals surface area contributed by atoms with Crippen LogP contribution in [0.25, 0.3) is 0 Å². The van der Waals surface area contributed by atoms with Crippen LogP contribution in [0.4, 0.5) is 0 Å². The molecule has 0 amide bonds. The molecule has 0 saturated heterocycles. The maximum atomic E-state index is 5.23. The molecule has 1 aromatic rings. The minimum atomic E-state index is 0.663. The van der Waals surface area contributed by atoms with Gasteiger partial charge in [0.2, 0.25) is 5.88 Å². The molecule has 0 unspecified atom stereocenters. The van der Waals surface area contributed by atoms with E-state index in [0.717, 1.165) is 17.5 Å². The molecular formula is C10H11NO. The van der Waals surface area contributed by atoms with Crippen molar-refractivity contribution < 1.29 is 4.74 Å². The number of hydrogen-bond donors (Lipinski definition) is 0. The molecule has 2 heteroatoms. The molecule has 0 aliphatic carbocycles. The topological polar surface area (TPSA) is 22.1 Å². The van der Waals surface area contributed by atoms with Crippen LogP contribution in [0.15, 0.2) is 12.3 Å². The Balaban J connectivity index is 3.13. The summed E-state index contributed by atoms with van der Waals surface area (Å²) in [5.41, 5.74) is 1.85. The normalized spacial score (nSPS) is 9.08. The third-order valence-electron chi connectivity index (χ3n) is 1.67. The van der Waals surface area contributed by atoms with Crippen LogP contribution < -0.4 is 4.74 Å². The molecule has 1 heterocycles. The van der Waals surface area contributed by atoms with Gasteiger partial charge in [-0.05, 0) is 12.5 Å². The Morgan fingerprint density at radius 3 is 2.92 bits per heavy atom. The minimum absolute atomic E-state index is 0.663. The van der Waals surface area contributed by atoms with Crippen LogP contribution >= 0.6 is 0 Å². The summed E-state index contributed by atoms with van der Waals surface area (Å²) in [6.45, 7) is 2.04. The number of terminal acetylenes is 1. The van der Waals surface area contributed by atoms with Crippen molar-refractivity contribution in [3.05, 3.63) is 23.4 Å². The van der Waals surface area contributed by atoms with E-state index < -0.39 is 0 Å². The average Bonchev–Trinajstić information content (AvgIpc) is 2.16. The van der Waals surface area contributed by atoms with Crippen LogP contribution in [-0.2, 0) is 6.42 Å². The highest BCUT2D eigenvalue weighted by Crippen LogP contribution is 2.15. The monoisotopic (exact) mass is 161 g/mol. The summed E-state index contributed by atoms with van der Waals surface area (Å²) in [7, 11) is 1.61. The lowest BCUT2D eigenvalue weighted by atomic mass is 10.1. The zero-order valence-corrected chi connectivity index (χ0v) is 7.29. The number of methoxy groups -OCH3 is 1. The summed E-state index contributed by atoms with van der Waals surface area (Å²) in [6.07, 6.45) is 7.75. The third-order valence-corrected chi connectivity index (χ3v) is 1.67. The highest BCUT2D eigenvalue weighted by Gasteiger charge is 2.01. The van der Waals surface area contributed by atoms with E-state index >= 15 is 0 Å². The van der Waals surface area contributed by atoms with Crippen LogP contribution in [0.2, 0.25) is 0 Å². The lowest BCUT2D eigenvalue weighted by molar-refractivity contribution is 0.393. The molecule has 0 aromatic carbocycles. The number of pyridine rings is 1. The summed E-state index contributed by atoms with van der Waals surface area (Å²) in [4.78, 5) is 4.07. The van der Waals surface area contributed by atoms with Gasteiger partial charge in [0.25, 0.3) is 0 Å². The van der Waals surface area contributed by atoms with E-state index in [1.165, 1.54) is 0 Å². The molecule has 0 aliphatic rings. The smallest absolute Gasteiger partial charge is 0.216 e. The quantitative estimate of drug-likeness (QED) is 0.615. The minimum Gasteiger partial charge on any atom is -0.481 e. The molecule has 0 bridgehead atoms. The van der Waals surface area contributed by atoms with Crippen molar-refractivity contribution in [1.29, 1.82) is 0 Å². The van der Waals surface area contributed by atoms with E-state index in [9.17, 15) is 0 Å². The fourth-order valence-electron chi connectivity index (χ4n) is 1.01. The van der Waals surface area contributed by atoms with E-state index in [0.29, 0.717) is 5.88 Å². The van der Waals surface area contributed by atoms with Crippen molar-refractivity contribution in [2.75, 3.05) is 7.11 Å². The van der Waals surface area contributed by atoms with Gasteiger partial charge < -0.3 is 4.74 Å². The number of hydrogen-bond acceptors (Lipinski definition) is 2. The molecule has 2 nitrogen and oxygen atoms in total. The number of aryl methyl sites for hydroxylation is 1. The van der Waals surface area contributed by atoms with Gasteiger partial charge in [-0.1, -0.05) is 12.8 Å². The van der Waals surface area contributed by atoms with Gasteiger partial charge >= 0.3 is 0 Å². The summed E-state index contributed by atoms with van der Waals surface area (Å²) in [5, 5.41) is 0. The second kappa shape index (κ2) is 3.77. The maximum Gasteiger partial charge on any atom is 0.216 e. The summed E-state index contributed by atoms with van der Waals surface area (Å²) in [6, 6.07) is 1.92. The van der Waals surface area contributed by atoms with Crippen molar-refractivity contribution in [3.8, 4) is 18.2 Å². The molecule has 0 spiro atoms. The fourth-order valence-corrected chi connectivity index (χ4v) is 1.01. The Morgan fingerprint density at radius 1 is 1.67 bits per heavy atom. The third kappa shape index (κ3) is 1.57. The van der Waals surface area contributed by atoms with E-state index in [1.54, 1.807) is 13.3 Å². The maximum absolute atomic E-state index is 5.23. The fraction of sp³-hybridized carbons (Fsp3) is 0.300. The van der Waals surface area contributed by atoms with E-state index in [-0.39, 0.29) is 0 Å². The first-order chi connectivity index (χ1) is 5.81. The molecule has 1 rings (SSSR count). The molecule has 0 radical (unpaired) electrons. The van der Waals surface area contributed by atoms with Gasteiger partial charge in [-0.2, -0.15) is 0 Å². The van der Waals surface area contributed by atoms with Gasteiger partial charge in [0.05, 0.1) is 7.11 Å². The molecule has 0 saturated carbocycles. The molecular weight excluding hydrogens is 150 g/mol. The number of nitrogens with zero attached hydrogens (tertiary/aromatic N) is 1. The number of rotatable bonds is 2. The predicted octanol–water partition coefficient (Wildman–Crippen LogP) is 1.63. The van der Waals surface area contributed by atoms with Crippen molar-refractivity contribution >= 4 is 0 Å². The number of aromatic nitrogens is 1. The molecule has 1 aromatic heterocycles. The Bertz CT molecular complexity index is 312. The molecule has 62 valence electrons. The first kappa shape index (κ1) is 8.61. The van der Waals surface area contributed by atoms with Gasteiger partial charge in [0.1, 0.15) is 0 Å². The van der Waals surface area contributed by atoms with Crippen molar-refractivity contribution in [1.82, 2.24) is 4.98 Å². The van der Waals surface area contributed by atoms with Crippen LogP contribution in [-0.4, -0.2) is 12.1 Å². The van der Waals surface area contributed by atoms with Gasteiger partial charge in [-0.3, -0.25) is 0 Å². The van der Waals surface area contributed by atoms with Gasteiger partial charge in [-0.15, -0.1) is 6.42 Å². The second-order valence-corrected chi connectivity index (χ2v) is 2.39. The zero-order valence-electron chi connectivity index (χ0n) is 7.29. The number of ether oxygens (including phenoxy) is 1. The molecule has 12 heavy (non-hydrogen) atoms. The zero-order chi connectivity index (χ0) is 8.97. The van der Waals surface area contributed by atoms with E-state index in [4.69, 9.17) is 11.2 Å². The van der Waals surface area contributed by atoms with Crippen LogP contribution in [0, 0.1) is 12.3 Å². The Hall–Kier alpha value is -1.49. The lowest BCUT2D eigenvalue weighted by Crippen LogP contribution is -1.94. The van der Waals surface area contributed by atoms with Crippen LogP contribution in [0.5, 0.6) is 5.88 Å². The Kier molecular flexibility index (Phi) is 2.71. The SMILES string of the molecule is C#Cc1cnc(OC)c(CC)c1. The molecule has 0 fully saturated rings. The highest BCUT2D eigenvalue weighted by atomic mass is 16.5. The largest absolute Gasteiger partial charge is 0.481 e. The Labute approximate surface area is 72.6 Å². The summed E-state index contributed by atoms with van der Waals surface area (Å²) in [5.74, 6) is 3.20. The second-order valence-electron chi connectivity index (χ2n) is 2.39. The van der Waals surface area contributed by atoms with E-state index in [2.05, 4.69) is 10.9 Å². The van der Waals surface area contributed by atoms with Gasteiger partial charge in [0.15, 0.2) is 0 Å². The predicted molar refractivity (Wildman–Crippen MR) is 48.1 cm³/mol. The molecule has 0 atom stereocenters. The highest BCUT2D eigenvalue weighted by molar-refractivity contribution is 5.37. The van der Waals surface area contributed by atoms with Crippen molar-refractivity contribution in [2.45, 2.75) is 13.3 Å². The molecule has 0 aliphatic heterocycles. The first-order valence-electron chi connectivity index (χ1n) is 3.81. The lowest BCUT2D eigenvalue weighted by Gasteiger charge is -2.04. The summed E-state index contributed by atoms with van der Waals surface area (Å²) >= 11 is 0. The van der Waals surface area contributed by atoms with Crippen LogP contribution in [0.3, 0.4) is 0 Å². The van der Waals surface area contributed by atoms with Crippen LogP contribution in [0.1, 0.15) is 18.1 Å². The summed E-state index contributed by atoms with van der Waals surface area (Å²) < 4.78 is 5.06. The van der Waals surface area contributed by atoms with Gasteiger partial charge in [-0.25, -0.2) is 4.98 Å². The molecule has 0 N–H and O–H groups in total. The van der Waals surface area contributed by atoms with Crippen molar-refractivity contribution in [3.63, 3.8) is 0 Å². The van der Waals surface area contributed by atoms with Crippen molar-refractivity contribution in [2.24, 2.45) is 0 Å². The average molecular weight is 161 g/mol. The van der Waals surface area contributed by atoms with E-state index in [1.807, 2.05) is 13.0 Å². The Morgan fingerprint density at radius 2 is 2.42 bits per heavy atom. The standard InChI is InChI=1S/C10H11NO/c1-4-8-6-9(5-2)10(12-3)11-7-8/h1,6-7H,5H2,2-3H3. The first-order valence-corrected chi connectivity index (χ1v) is 3.81. The van der Waals surface area contributed by atoms with Gasteiger partial charge in [0, 0.05) is 17.3 Å².